The van der Waals surface area contributed by atoms with Gasteiger partial charge in [-0.2, -0.15) is 13.2 Å². The number of halogens is 4. The minimum atomic E-state index is -4.36. The molecule has 2 heterocycles. The molecule has 0 saturated carbocycles. The summed E-state index contributed by atoms with van der Waals surface area (Å²) in [4.78, 5) is 10.5. The second-order valence-corrected chi connectivity index (χ2v) is 6.22. The van der Waals surface area contributed by atoms with Crippen LogP contribution in [0.15, 0.2) is 18.2 Å². The molecule has 0 aliphatic carbocycles. The predicted octanol–water partition coefficient (Wildman–Crippen LogP) is 4.01. The molecule has 128 valence electrons. The lowest BCUT2D eigenvalue weighted by atomic mass is 10.0. The number of rotatable bonds is 3. The summed E-state index contributed by atoms with van der Waals surface area (Å²) in [6.07, 6.45) is -4.36. The standard InChI is InChI=1S/C16H16ClF3N4/c1-9-10(4-3-5-12(9)16(18,19)20)6-21-14-11-7-24(2)8-13(11)22-15(17)23-14/h3-5H,6-8H2,1-2H3,(H,21,22,23). The van der Waals surface area contributed by atoms with Crippen LogP contribution in [-0.2, 0) is 25.8 Å². The molecule has 0 bridgehead atoms. The van der Waals surface area contributed by atoms with Crippen molar-refractivity contribution in [3.8, 4) is 0 Å². The molecular weight excluding hydrogens is 341 g/mol. The van der Waals surface area contributed by atoms with Gasteiger partial charge in [-0.15, -0.1) is 0 Å². The number of nitrogens with zero attached hydrogens (tertiary/aromatic N) is 3. The van der Waals surface area contributed by atoms with E-state index in [2.05, 4.69) is 20.2 Å². The van der Waals surface area contributed by atoms with Crippen molar-refractivity contribution in [2.75, 3.05) is 12.4 Å². The van der Waals surface area contributed by atoms with E-state index in [0.29, 0.717) is 24.5 Å². The summed E-state index contributed by atoms with van der Waals surface area (Å²) in [5.74, 6) is 0.575. The highest BCUT2D eigenvalue weighted by Crippen LogP contribution is 2.33. The van der Waals surface area contributed by atoms with E-state index in [0.717, 1.165) is 17.3 Å². The maximum Gasteiger partial charge on any atom is 0.416 e. The summed E-state index contributed by atoms with van der Waals surface area (Å²) in [7, 11) is 1.95. The number of alkyl halides is 3. The van der Waals surface area contributed by atoms with Gasteiger partial charge in [-0.3, -0.25) is 4.90 Å². The zero-order valence-electron chi connectivity index (χ0n) is 13.2. The van der Waals surface area contributed by atoms with Crippen LogP contribution in [0, 0.1) is 6.92 Å². The number of benzene rings is 1. The van der Waals surface area contributed by atoms with Crippen LogP contribution < -0.4 is 5.32 Å². The number of aromatic nitrogens is 2. The number of hydrogen-bond acceptors (Lipinski definition) is 4. The van der Waals surface area contributed by atoms with Gasteiger partial charge in [-0.05, 0) is 42.8 Å². The first kappa shape index (κ1) is 17.0. The fourth-order valence-corrected chi connectivity index (χ4v) is 3.07. The summed E-state index contributed by atoms with van der Waals surface area (Å²) >= 11 is 5.94. The molecule has 0 fully saturated rings. The largest absolute Gasteiger partial charge is 0.416 e. The molecule has 1 aliphatic rings. The smallest absolute Gasteiger partial charge is 0.366 e. The fourth-order valence-electron chi connectivity index (χ4n) is 2.89. The lowest BCUT2D eigenvalue weighted by molar-refractivity contribution is -0.138. The Morgan fingerprint density at radius 3 is 2.71 bits per heavy atom. The molecule has 0 atom stereocenters. The Morgan fingerprint density at radius 1 is 1.25 bits per heavy atom. The average molecular weight is 357 g/mol. The van der Waals surface area contributed by atoms with Gasteiger partial charge in [0.25, 0.3) is 0 Å². The van der Waals surface area contributed by atoms with Gasteiger partial charge in [-0.25, -0.2) is 9.97 Å². The van der Waals surface area contributed by atoms with E-state index in [-0.39, 0.29) is 17.4 Å². The van der Waals surface area contributed by atoms with Crippen molar-refractivity contribution >= 4 is 17.4 Å². The van der Waals surface area contributed by atoms with Crippen molar-refractivity contribution in [2.45, 2.75) is 32.7 Å². The Morgan fingerprint density at radius 2 is 2.00 bits per heavy atom. The monoisotopic (exact) mass is 356 g/mol. The summed E-state index contributed by atoms with van der Waals surface area (Å²) in [5, 5.41) is 3.24. The molecule has 0 saturated heterocycles. The van der Waals surface area contributed by atoms with E-state index in [1.54, 1.807) is 6.07 Å². The normalized spacial score (nSPS) is 14.8. The van der Waals surface area contributed by atoms with Crippen LogP contribution in [0.25, 0.3) is 0 Å². The van der Waals surface area contributed by atoms with Crippen molar-refractivity contribution in [3.63, 3.8) is 0 Å². The highest BCUT2D eigenvalue weighted by Gasteiger charge is 2.32. The SMILES string of the molecule is Cc1c(CNc2nc(Cl)nc3c2CN(C)C3)cccc1C(F)(F)F. The fraction of sp³-hybridized carbons (Fsp3) is 0.375. The Hall–Kier alpha value is -1.86. The lowest BCUT2D eigenvalue weighted by Crippen LogP contribution is -2.12. The van der Waals surface area contributed by atoms with Crippen LogP contribution in [0.1, 0.15) is 27.9 Å². The van der Waals surface area contributed by atoms with Crippen LogP contribution >= 0.6 is 11.6 Å². The molecule has 8 heteroatoms. The number of hydrogen-bond donors (Lipinski definition) is 1. The van der Waals surface area contributed by atoms with E-state index in [1.807, 2.05) is 7.05 Å². The first-order chi connectivity index (χ1) is 11.3. The van der Waals surface area contributed by atoms with Gasteiger partial charge in [0.05, 0.1) is 11.3 Å². The number of nitrogens with one attached hydrogen (secondary N) is 1. The third-order valence-electron chi connectivity index (χ3n) is 4.11. The van der Waals surface area contributed by atoms with Gasteiger partial charge in [-0.1, -0.05) is 12.1 Å². The van der Waals surface area contributed by atoms with Gasteiger partial charge < -0.3 is 5.32 Å². The third kappa shape index (κ3) is 3.32. The first-order valence-corrected chi connectivity index (χ1v) is 7.77. The molecule has 0 unspecified atom stereocenters. The number of fused-ring (bicyclic) bond motifs is 1. The highest BCUT2D eigenvalue weighted by molar-refractivity contribution is 6.28. The molecule has 4 nitrogen and oxygen atoms in total. The molecule has 0 radical (unpaired) electrons. The summed E-state index contributed by atoms with van der Waals surface area (Å²) in [5.41, 5.74) is 1.95. The topological polar surface area (TPSA) is 41.1 Å². The summed E-state index contributed by atoms with van der Waals surface area (Å²) in [6, 6.07) is 4.18. The highest BCUT2D eigenvalue weighted by atomic mass is 35.5. The quantitative estimate of drug-likeness (QED) is 0.843. The molecular formula is C16H16ClF3N4. The maximum absolute atomic E-state index is 13.0. The van der Waals surface area contributed by atoms with E-state index < -0.39 is 11.7 Å². The van der Waals surface area contributed by atoms with E-state index in [9.17, 15) is 13.2 Å². The minimum Gasteiger partial charge on any atom is -0.366 e. The molecule has 1 aromatic heterocycles. The second-order valence-electron chi connectivity index (χ2n) is 5.88. The van der Waals surface area contributed by atoms with Crippen molar-refractivity contribution in [2.24, 2.45) is 0 Å². The predicted molar refractivity (Wildman–Crippen MR) is 85.7 cm³/mol. The van der Waals surface area contributed by atoms with Crippen molar-refractivity contribution in [1.29, 1.82) is 0 Å². The van der Waals surface area contributed by atoms with Crippen LogP contribution in [0.2, 0.25) is 5.28 Å². The van der Waals surface area contributed by atoms with Gasteiger partial charge in [0.15, 0.2) is 0 Å². The van der Waals surface area contributed by atoms with Gasteiger partial charge in [0, 0.05) is 25.2 Å². The van der Waals surface area contributed by atoms with Crippen LogP contribution in [0.4, 0.5) is 19.0 Å². The zero-order chi connectivity index (χ0) is 17.5. The Labute approximate surface area is 142 Å². The summed E-state index contributed by atoms with van der Waals surface area (Å²) in [6.45, 7) is 3.06. The van der Waals surface area contributed by atoms with Crippen molar-refractivity contribution < 1.29 is 13.2 Å². The first-order valence-electron chi connectivity index (χ1n) is 7.39. The molecule has 3 rings (SSSR count). The Bertz CT molecular complexity index is 777. The number of anilines is 1. The lowest BCUT2D eigenvalue weighted by Gasteiger charge is -2.15. The minimum absolute atomic E-state index is 0.132. The third-order valence-corrected chi connectivity index (χ3v) is 4.28. The molecule has 1 N–H and O–H groups in total. The van der Waals surface area contributed by atoms with Crippen LogP contribution in [0.5, 0.6) is 0 Å². The zero-order valence-corrected chi connectivity index (χ0v) is 14.0. The molecule has 1 aromatic carbocycles. The van der Waals surface area contributed by atoms with E-state index in [1.165, 1.54) is 13.0 Å². The molecule has 0 amide bonds. The Balaban J connectivity index is 1.86. The second kappa shape index (κ2) is 6.22. The van der Waals surface area contributed by atoms with Gasteiger partial charge >= 0.3 is 6.18 Å². The average Bonchev–Trinajstić information content (AvgIpc) is 2.84. The van der Waals surface area contributed by atoms with Gasteiger partial charge in [0.1, 0.15) is 5.82 Å². The van der Waals surface area contributed by atoms with Crippen molar-refractivity contribution in [1.82, 2.24) is 14.9 Å². The van der Waals surface area contributed by atoms with Gasteiger partial charge in [0.2, 0.25) is 5.28 Å². The van der Waals surface area contributed by atoms with Crippen molar-refractivity contribution in [3.05, 3.63) is 51.4 Å². The van der Waals surface area contributed by atoms with Crippen LogP contribution in [-0.4, -0.2) is 21.9 Å². The van der Waals surface area contributed by atoms with E-state index >= 15 is 0 Å². The summed E-state index contributed by atoms with van der Waals surface area (Å²) < 4.78 is 39.0. The Kier molecular flexibility index (Phi) is 4.40. The molecule has 24 heavy (non-hydrogen) atoms. The molecule has 0 spiro atoms. The molecule has 1 aliphatic heterocycles. The maximum atomic E-state index is 13.0. The van der Waals surface area contributed by atoms with E-state index in [4.69, 9.17) is 11.6 Å². The van der Waals surface area contributed by atoms with Crippen LogP contribution in [0.3, 0.4) is 0 Å². The molecule has 2 aromatic rings.